The molecule has 0 radical (unpaired) electrons. The van der Waals surface area contributed by atoms with Gasteiger partial charge in [-0.25, -0.2) is 4.39 Å². The van der Waals surface area contributed by atoms with E-state index in [9.17, 15) is 14.0 Å². The molecule has 1 fully saturated rings. The Labute approximate surface area is 173 Å². The quantitative estimate of drug-likeness (QED) is 0.502. The van der Waals surface area contributed by atoms with Gasteiger partial charge in [-0.05, 0) is 56.5 Å². The largest absolute Gasteiger partial charge is 0.370 e. The number of benzene rings is 2. The number of hydrogen-bond acceptors (Lipinski definition) is 4. The van der Waals surface area contributed by atoms with Crippen molar-refractivity contribution in [3.63, 3.8) is 0 Å². The molecular weight excluding hydrogens is 399 g/mol. The molecule has 0 unspecified atom stereocenters. The molecule has 0 spiro atoms. The van der Waals surface area contributed by atoms with Crippen LogP contribution in [-0.4, -0.2) is 30.5 Å². The Balaban J connectivity index is 1.66. The maximum Gasteiger partial charge on any atom is 0.234 e. The lowest BCUT2D eigenvalue weighted by atomic mass is 10.1. The SMILES string of the molecule is CC(=O)c1ccc(SCC(=O)Nc2cc(Cl)ccc2N2CCCCC2)c(F)c1. The van der Waals surface area contributed by atoms with Crippen molar-refractivity contribution in [2.45, 2.75) is 31.1 Å². The second-order valence-corrected chi connectivity index (χ2v) is 8.20. The van der Waals surface area contributed by atoms with E-state index in [0.717, 1.165) is 43.4 Å². The average Bonchev–Trinajstić information content (AvgIpc) is 2.67. The maximum absolute atomic E-state index is 14.1. The molecule has 148 valence electrons. The van der Waals surface area contributed by atoms with E-state index >= 15 is 0 Å². The van der Waals surface area contributed by atoms with Crippen molar-refractivity contribution in [2.75, 3.05) is 29.1 Å². The van der Waals surface area contributed by atoms with Crippen LogP contribution in [0.1, 0.15) is 36.5 Å². The monoisotopic (exact) mass is 420 g/mol. The summed E-state index contributed by atoms with van der Waals surface area (Å²) in [6.45, 7) is 3.29. The molecule has 7 heteroatoms. The Hall–Kier alpha value is -2.05. The van der Waals surface area contributed by atoms with E-state index < -0.39 is 5.82 Å². The molecule has 0 atom stereocenters. The highest BCUT2D eigenvalue weighted by Crippen LogP contribution is 2.32. The highest BCUT2D eigenvalue weighted by Gasteiger charge is 2.17. The van der Waals surface area contributed by atoms with Crippen molar-refractivity contribution in [1.29, 1.82) is 0 Å². The van der Waals surface area contributed by atoms with Crippen LogP contribution in [0.3, 0.4) is 0 Å². The van der Waals surface area contributed by atoms with Crippen LogP contribution in [0.25, 0.3) is 0 Å². The normalized spacial score (nSPS) is 14.0. The number of carbonyl (C=O) groups is 2. The van der Waals surface area contributed by atoms with Crippen molar-refractivity contribution in [3.8, 4) is 0 Å². The number of amides is 1. The minimum absolute atomic E-state index is 0.0578. The number of ketones is 1. The van der Waals surface area contributed by atoms with Crippen LogP contribution in [0.15, 0.2) is 41.3 Å². The van der Waals surface area contributed by atoms with E-state index in [0.29, 0.717) is 21.2 Å². The van der Waals surface area contributed by atoms with Gasteiger partial charge in [0.15, 0.2) is 5.78 Å². The fourth-order valence-corrected chi connectivity index (χ4v) is 4.08. The fraction of sp³-hybridized carbons (Fsp3) is 0.333. The molecule has 4 nitrogen and oxygen atoms in total. The van der Waals surface area contributed by atoms with Gasteiger partial charge in [0.1, 0.15) is 5.82 Å². The Morgan fingerprint density at radius 3 is 2.57 bits per heavy atom. The predicted molar refractivity (Wildman–Crippen MR) is 113 cm³/mol. The van der Waals surface area contributed by atoms with Gasteiger partial charge >= 0.3 is 0 Å². The maximum atomic E-state index is 14.1. The minimum Gasteiger partial charge on any atom is -0.370 e. The third kappa shape index (κ3) is 5.26. The van der Waals surface area contributed by atoms with Crippen LogP contribution in [-0.2, 0) is 4.79 Å². The lowest BCUT2D eigenvalue weighted by Gasteiger charge is -2.30. The number of anilines is 2. The van der Waals surface area contributed by atoms with Crippen molar-refractivity contribution in [3.05, 3.63) is 52.8 Å². The van der Waals surface area contributed by atoms with Crippen LogP contribution in [0.5, 0.6) is 0 Å². The van der Waals surface area contributed by atoms with Crippen LogP contribution in [0.4, 0.5) is 15.8 Å². The summed E-state index contributed by atoms with van der Waals surface area (Å²) in [5, 5.41) is 3.46. The molecule has 1 aliphatic heterocycles. The van der Waals surface area contributed by atoms with E-state index in [2.05, 4.69) is 10.2 Å². The zero-order valence-electron chi connectivity index (χ0n) is 15.6. The summed E-state index contributed by atoms with van der Waals surface area (Å²) in [5.74, 6) is -0.871. The summed E-state index contributed by atoms with van der Waals surface area (Å²) in [6, 6.07) is 9.79. The molecule has 1 aliphatic rings. The topological polar surface area (TPSA) is 49.4 Å². The molecule has 28 heavy (non-hydrogen) atoms. The molecule has 1 heterocycles. The Kier molecular flexibility index (Phi) is 6.97. The zero-order chi connectivity index (χ0) is 20.1. The third-order valence-electron chi connectivity index (χ3n) is 4.63. The Morgan fingerprint density at radius 1 is 1.14 bits per heavy atom. The number of Topliss-reactive ketones (excluding diaryl/α,β-unsaturated/α-hetero) is 1. The Bertz CT molecular complexity index is 885. The molecule has 0 aromatic heterocycles. The number of nitrogens with one attached hydrogen (secondary N) is 1. The molecule has 1 N–H and O–H groups in total. The number of piperidine rings is 1. The smallest absolute Gasteiger partial charge is 0.234 e. The molecule has 1 amide bonds. The van der Waals surface area contributed by atoms with Gasteiger partial charge in [-0.15, -0.1) is 11.8 Å². The molecule has 0 saturated carbocycles. The van der Waals surface area contributed by atoms with Gasteiger partial charge in [-0.3, -0.25) is 9.59 Å². The first-order valence-corrected chi connectivity index (χ1v) is 10.6. The summed E-state index contributed by atoms with van der Waals surface area (Å²) in [4.78, 5) is 26.4. The summed E-state index contributed by atoms with van der Waals surface area (Å²) >= 11 is 7.22. The molecular formula is C21H22ClFN2O2S. The number of thioether (sulfide) groups is 1. The first kappa shape index (κ1) is 20.7. The lowest BCUT2D eigenvalue weighted by Crippen LogP contribution is -2.30. The molecule has 2 aromatic carbocycles. The molecule has 2 aromatic rings. The van der Waals surface area contributed by atoms with Gasteiger partial charge in [0, 0.05) is 28.6 Å². The van der Waals surface area contributed by atoms with Gasteiger partial charge in [-0.1, -0.05) is 17.7 Å². The second kappa shape index (κ2) is 9.43. The van der Waals surface area contributed by atoms with Crippen LogP contribution >= 0.6 is 23.4 Å². The summed E-state index contributed by atoms with van der Waals surface area (Å²) in [7, 11) is 0. The average molecular weight is 421 g/mol. The first-order chi connectivity index (χ1) is 13.4. The van der Waals surface area contributed by atoms with Gasteiger partial charge in [0.25, 0.3) is 0 Å². The summed E-state index contributed by atoms with van der Waals surface area (Å²) in [6.07, 6.45) is 3.47. The summed E-state index contributed by atoms with van der Waals surface area (Å²) in [5.41, 5.74) is 1.95. The number of hydrogen-bond donors (Lipinski definition) is 1. The second-order valence-electron chi connectivity index (χ2n) is 6.75. The number of nitrogens with zero attached hydrogens (tertiary/aromatic N) is 1. The van der Waals surface area contributed by atoms with Crippen LogP contribution in [0, 0.1) is 5.82 Å². The predicted octanol–water partition coefficient (Wildman–Crippen LogP) is 5.40. The Morgan fingerprint density at radius 2 is 1.89 bits per heavy atom. The highest BCUT2D eigenvalue weighted by molar-refractivity contribution is 8.00. The van der Waals surface area contributed by atoms with Crippen LogP contribution < -0.4 is 10.2 Å². The minimum atomic E-state index is -0.498. The van der Waals surface area contributed by atoms with Crippen molar-refractivity contribution in [2.24, 2.45) is 0 Å². The van der Waals surface area contributed by atoms with Crippen molar-refractivity contribution in [1.82, 2.24) is 0 Å². The first-order valence-electron chi connectivity index (χ1n) is 9.21. The third-order valence-corrected chi connectivity index (χ3v) is 5.91. The molecule has 0 aliphatic carbocycles. The lowest BCUT2D eigenvalue weighted by molar-refractivity contribution is -0.113. The number of carbonyl (C=O) groups excluding carboxylic acids is 2. The van der Waals surface area contributed by atoms with Crippen molar-refractivity contribution < 1.29 is 14.0 Å². The van der Waals surface area contributed by atoms with E-state index in [1.807, 2.05) is 12.1 Å². The van der Waals surface area contributed by atoms with Gasteiger partial charge < -0.3 is 10.2 Å². The van der Waals surface area contributed by atoms with Gasteiger partial charge in [-0.2, -0.15) is 0 Å². The van der Waals surface area contributed by atoms with E-state index in [4.69, 9.17) is 11.6 Å². The van der Waals surface area contributed by atoms with E-state index in [1.165, 1.54) is 25.5 Å². The molecule has 3 rings (SSSR count). The summed E-state index contributed by atoms with van der Waals surface area (Å²) < 4.78 is 14.1. The van der Waals surface area contributed by atoms with Gasteiger partial charge in [0.05, 0.1) is 17.1 Å². The fourth-order valence-electron chi connectivity index (χ4n) is 3.19. The molecule has 0 bridgehead atoms. The number of halogens is 2. The number of rotatable bonds is 6. The highest BCUT2D eigenvalue weighted by atomic mass is 35.5. The molecule has 1 saturated heterocycles. The zero-order valence-corrected chi connectivity index (χ0v) is 17.2. The van der Waals surface area contributed by atoms with Gasteiger partial charge in [0.2, 0.25) is 5.91 Å². The van der Waals surface area contributed by atoms with E-state index in [1.54, 1.807) is 12.1 Å². The van der Waals surface area contributed by atoms with E-state index in [-0.39, 0.29) is 17.4 Å². The van der Waals surface area contributed by atoms with Crippen molar-refractivity contribution >= 4 is 46.4 Å². The standard InChI is InChI=1S/C21H22ClFN2O2S/c1-14(26)15-5-8-20(17(23)11-15)28-13-21(27)24-18-12-16(22)6-7-19(18)25-9-3-2-4-10-25/h5-8,11-12H,2-4,9-10,13H2,1H3,(H,24,27). The van der Waals surface area contributed by atoms with Crippen LogP contribution in [0.2, 0.25) is 5.02 Å².